The Balaban J connectivity index is 1.82. The zero-order valence-electron chi connectivity index (χ0n) is 10.8. The zero-order valence-corrected chi connectivity index (χ0v) is 11.6. The highest BCUT2D eigenvalue weighted by atomic mass is 32.1. The normalized spacial score (nSPS) is 11.4. The Morgan fingerprint density at radius 1 is 1.24 bits per heavy atom. The molecule has 0 aliphatic heterocycles. The maximum atomic E-state index is 12.3. The molecule has 0 aliphatic rings. The van der Waals surface area contributed by atoms with Crippen LogP contribution in [0.5, 0.6) is 0 Å². The van der Waals surface area contributed by atoms with Gasteiger partial charge in [0.1, 0.15) is 16.2 Å². The lowest BCUT2D eigenvalue weighted by molar-refractivity contribution is 0.710. The molecule has 0 saturated heterocycles. The number of fused-ring (bicyclic) bond motifs is 2. The van der Waals surface area contributed by atoms with E-state index in [2.05, 4.69) is 15.1 Å². The molecule has 21 heavy (non-hydrogen) atoms. The highest BCUT2D eigenvalue weighted by Gasteiger charge is 2.09. The molecule has 0 amide bonds. The number of anilines is 1. The zero-order chi connectivity index (χ0) is 14.4. The van der Waals surface area contributed by atoms with Crippen LogP contribution >= 0.6 is 11.3 Å². The van der Waals surface area contributed by atoms with Crippen molar-refractivity contribution < 1.29 is 0 Å². The van der Waals surface area contributed by atoms with Crippen molar-refractivity contribution in [2.75, 3.05) is 5.73 Å². The minimum Gasteiger partial charge on any atom is -0.383 e. The van der Waals surface area contributed by atoms with E-state index in [0.29, 0.717) is 17.2 Å². The fraction of sp³-hybridized carbons (Fsp3) is 0.0769. The van der Waals surface area contributed by atoms with E-state index in [-0.39, 0.29) is 12.1 Å². The maximum Gasteiger partial charge on any atom is 0.276 e. The van der Waals surface area contributed by atoms with Crippen LogP contribution in [-0.2, 0) is 6.54 Å². The summed E-state index contributed by atoms with van der Waals surface area (Å²) < 4.78 is 3.09. The Hall–Kier alpha value is -2.74. The average Bonchev–Trinajstić information content (AvgIpc) is 3.10. The molecular formula is C13H10N6OS. The van der Waals surface area contributed by atoms with Crippen molar-refractivity contribution in [3.05, 3.63) is 52.3 Å². The molecule has 2 N–H and O–H groups in total. The lowest BCUT2D eigenvalue weighted by Gasteiger charge is -2.06. The second kappa shape index (κ2) is 4.38. The molecule has 7 nitrogen and oxygen atoms in total. The molecule has 4 heterocycles. The summed E-state index contributed by atoms with van der Waals surface area (Å²) in [6.45, 7) is 0.276. The molecule has 0 atom stereocenters. The van der Waals surface area contributed by atoms with Crippen LogP contribution in [0.4, 0.5) is 5.82 Å². The number of nitrogen functional groups attached to an aromatic ring is 1. The van der Waals surface area contributed by atoms with E-state index in [1.165, 1.54) is 15.9 Å². The monoisotopic (exact) mass is 298 g/mol. The van der Waals surface area contributed by atoms with Crippen molar-refractivity contribution in [2.45, 2.75) is 6.54 Å². The second-order valence-corrected chi connectivity index (χ2v) is 5.45. The van der Waals surface area contributed by atoms with E-state index in [4.69, 9.17) is 5.73 Å². The van der Waals surface area contributed by atoms with Gasteiger partial charge >= 0.3 is 0 Å². The van der Waals surface area contributed by atoms with E-state index in [1.54, 1.807) is 29.2 Å². The molecule has 4 aromatic rings. The summed E-state index contributed by atoms with van der Waals surface area (Å²) in [6.07, 6.45) is 4.98. The van der Waals surface area contributed by atoms with Gasteiger partial charge in [-0.15, -0.1) is 11.3 Å². The Kier molecular flexibility index (Phi) is 2.51. The summed E-state index contributed by atoms with van der Waals surface area (Å²) in [5.41, 5.74) is 6.30. The summed E-state index contributed by atoms with van der Waals surface area (Å²) in [4.78, 5) is 21.9. The van der Waals surface area contributed by atoms with Crippen LogP contribution < -0.4 is 11.3 Å². The van der Waals surface area contributed by atoms with Crippen molar-refractivity contribution in [1.82, 2.24) is 24.1 Å². The number of hydrogen-bond donors (Lipinski definition) is 1. The molecule has 0 fully saturated rings. The van der Waals surface area contributed by atoms with Crippen molar-refractivity contribution in [2.24, 2.45) is 0 Å². The van der Waals surface area contributed by atoms with E-state index >= 15 is 0 Å². The molecule has 104 valence electrons. The highest BCUT2D eigenvalue weighted by molar-refractivity contribution is 7.16. The summed E-state index contributed by atoms with van der Waals surface area (Å²) in [5.74, 6) is 0.961. The van der Waals surface area contributed by atoms with Gasteiger partial charge in [0.25, 0.3) is 5.56 Å². The Morgan fingerprint density at radius 3 is 3.05 bits per heavy atom. The molecule has 0 bridgehead atoms. The van der Waals surface area contributed by atoms with Gasteiger partial charge in [-0.25, -0.2) is 14.5 Å². The Morgan fingerprint density at radius 2 is 2.14 bits per heavy atom. The minimum atomic E-state index is -0.136. The van der Waals surface area contributed by atoms with Gasteiger partial charge in [-0.2, -0.15) is 5.10 Å². The number of aromatic nitrogens is 5. The number of rotatable bonds is 2. The minimum absolute atomic E-state index is 0.136. The topological polar surface area (TPSA) is 91.1 Å². The summed E-state index contributed by atoms with van der Waals surface area (Å²) in [6, 6.07) is 3.57. The fourth-order valence-electron chi connectivity index (χ4n) is 2.23. The van der Waals surface area contributed by atoms with Crippen molar-refractivity contribution in [3.8, 4) is 0 Å². The molecule has 0 unspecified atom stereocenters. The molecule has 0 aliphatic carbocycles. The SMILES string of the molecule is Nc1nc(Cn2ccn3nccc3c2=O)nc2sccc12. The number of thiophene rings is 1. The predicted octanol–water partition coefficient (Wildman–Crippen LogP) is 1.13. The smallest absolute Gasteiger partial charge is 0.276 e. The third kappa shape index (κ3) is 1.88. The van der Waals surface area contributed by atoms with Gasteiger partial charge in [0.05, 0.1) is 18.1 Å². The second-order valence-electron chi connectivity index (χ2n) is 4.56. The van der Waals surface area contributed by atoms with Gasteiger partial charge in [0, 0.05) is 12.4 Å². The van der Waals surface area contributed by atoms with Crippen molar-refractivity contribution in [1.29, 1.82) is 0 Å². The standard InChI is InChI=1S/C13H10N6OS/c14-11-8-2-6-21-12(8)17-10(16-11)7-18-4-5-19-9(13(18)20)1-3-15-19/h1-6H,7H2,(H2,14,16,17). The number of nitrogens with two attached hydrogens (primary N) is 1. The molecule has 4 aromatic heterocycles. The van der Waals surface area contributed by atoms with Gasteiger partial charge < -0.3 is 10.3 Å². The third-order valence-electron chi connectivity index (χ3n) is 3.25. The van der Waals surface area contributed by atoms with Crippen molar-refractivity contribution in [3.63, 3.8) is 0 Å². The van der Waals surface area contributed by atoms with Crippen LogP contribution in [-0.4, -0.2) is 24.1 Å². The average molecular weight is 298 g/mol. The van der Waals surface area contributed by atoms with Gasteiger partial charge in [-0.3, -0.25) is 4.79 Å². The van der Waals surface area contributed by atoms with Crippen LogP contribution in [0.2, 0.25) is 0 Å². The first-order valence-electron chi connectivity index (χ1n) is 6.25. The molecular weight excluding hydrogens is 288 g/mol. The van der Waals surface area contributed by atoms with Gasteiger partial charge in [0.2, 0.25) is 0 Å². The lowest BCUT2D eigenvalue weighted by Crippen LogP contribution is -2.22. The molecule has 0 aromatic carbocycles. The largest absolute Gasteiger partial charge is 0.383 e. The van der Waals surface area contributed by atoms with Crippen LogP contribution in [0.25, 0.3) is 15.7 Å². The lowest BCUT2D eigenvalue weighted by atomic mass is 10.4. The number of hydrogen-bond acceptors (Lipinski definition) is 6. The van der Waals surface area contributed by atoms with E-state index in [0.717, 1.165) is 10.2 Å². The Bertz CT molecular complexity index is 1010. The Labute approximate surface area is 122 Å². The third-order valence-corrected chi connectivity index (χ3v) is 4.06. The van der Waals surface area contributed by atoms with Crippen LogP contribution in [0.1, 0.15) is 5.82 Å². The summed E-state index contributed by atoms with van der Waals surface area (Å²) in [5, 5.41) is 6.80. The molecule has 0 saturated carbocycles. The summed E-state index contributed by atoms with van der Waals surface area (Å²) in [7, 11) is 0. The predicted molar refractivity (Wildman–Crippen MR) is 80.4 cm³/mol. The first-order chi connectivity index (χ1) is 10.2. The first kappa shape index (κ1) is 12.0. The molecule has 8 heteroatoms. The fourth-order valence-corrected chi connectivity index (χ4v) is 3.02. The van der Waals surface area contributed by atoms with Crippen molar-refractivity contribution >= 4 is 32.9 Å². The maximum absolute atomic E-state index is 12.3. The quantitative estimate of drug-likeness (QED) is 0.599. The van der Waals surface area contributed by atoms with Crippen LogP contribution in [0, 0.1) is 0 Å². The van der Waals surface area contributed by atoms with Gasteiger partial charge in [-0.1, -0.05) is 0 Å². The van der Waals surface area contributed by atoms with Gasteiger partial charge in [0.15, 0.2) is 5.82 Å². The van der Waals surface area contributed by atoms with E-state index < -0.39 is 0 Å². The molecule has 4 rings (SSSR count). The molecule has 0 radical (unpaired) electrons. The summed E-state index contributed by atoms with van der Waals surface area (Å²) >= 11 is 1.50. The van der Waals surface area contributed by atoms with Crippen LogP contribution in [0.3, 0.4) is 0 Å². The highest BCUT2D eigenvalue weighted by Crippen LogP contribution is 2.22. The van der Waals surface area contributed by atoms with E-state index in [1.807, 2.05) is 11.4 Å². The van der Waals surface area contributed by atoms with Crippen LogP contribution in [0.15, 0.2) is 40.9 Å². The van der Waals surface area contributed by atoms with Gasteiger partial charge in [-0.05, 0) is 17.5 Å². The van der Waals surface area contributed by atoms with E-state index in [9.17, 15) is 4.79 Å². The molecule has 0 spiro atoms. The first-order valence-corrected chi connectivity index (χ1v) is 7.13. The number of nitrogens with zero attached hydrogens (tertiary/aromatic N) is 5.